The smallest absolute Gasteiger partial charge is 0.297 e. The Labute approximate surface area is 156 Å². The van der Waals surface area contributed by atoms with Crippen molar-refractivity contribution in [1.82, 2.24) is 10.2 Å². The molecule has 1 amide bonds. The van der Waals surface area contributed by atoms with Gasteiger partial charge in [-0.25, -0.2) is 0 Å². The SMILES string of the molecule is Cc1ccc([C@H]2c3c(oc4ccccc4c3=O)C(=O)N2c2nnc(C)s2)o1. The van der Waals surface area contributed by atoms with Gasteiger partial charge in [0, 0.05) is 0 Å². The standard InChI is InChI=1S/C19H13N3O4S/c1-9-7-8-13(25-9)15-14-16(23)11-5-3-4-6-12(11)26-17(14)18(24)22(15)19-21-20-10(2)27-19/h3-8,15H,1-2H3/t15-/m0/s1. The molecule has 0 unspecified atom stereocenters. The molecule has 0 bridgehead atoms. The molecular weight excluding hydrogens is 366 g/mol. The Hall–Kier alpha value is -3.26. The van der Waals surface area contributed by atoms with E-state index >= 15 is 0 Å². The number of rotatable bonds is 2. The first-order valence-electron chi connectivity index (χ1n) is 8.30. The minimum atomic E-state index is -0.741. The van der Waals surface area contributed by atoms with E-state index in [1.807, 2.05) is 6.92 Å². The lowest BCUT2D eigenvalue weighted by molar-refractivity contribution is 0.0969. The summed E-state index contributed by atoms with van der Waals surface area (Å²) in [4.78, 5) is 27.8. The van der Waals surface area contributed by atoms with Gasteiger partial charge < -0.3 is 8.83 Å². The normalized spacial score (nSPS) is 16.3. The van der Waals surface area contributed by atoms with Crippen LogP contribution >= 0.6 is 11.3 Å². The maximum absolute atomic E-state index is 13.2. The van der Waals surface area contributed by atoms with Crippen LogP contribution in [-0.4, -0.2) is 16.1 Å². The minimum absolute atomic E-state index is 0.0191. The third kappa shape index (κ3) is 2.26. The molecule has 3 aromatic heterocycles. The van der Waals surface area contributed by atoms with Gasteiger partial charge in [0.15, 0.2) is 5.43 Å². The van der Waals surface area contributed by atoms with Crippen molar-refractivity contribution in [1.29, 1.82) is 0 Å². The van der Waals surface area contributed by atoms with Crippen LogP contribution < -0.4 is 10.3 Å². The van der Waals surface area contributed by atoms with Gasteiger partial charge in [0.1, 0.15) is 28.2 Å². The van der Waals surface area contributed by atoms with Crippen LogP contribution in [0.5, 0.6) is 0 Å². The number of fused-ring (bicyclic) bond motifs is 2. The van der Waals surface area contributed by atoms with E-state index in [1.54, 1.807) is 43.3 Å². The summed E-state index contributed by atoms with van der Waals surface area (Å²) in [5.74, 6) is 0.758. The third-order valence-corrected chi connectivity index (χ3v) is 5.37. The van der Waals surface area contributed by atoms with Crippen molar-refractivity contribution >= 4 is 33.3 Å². The fourth-order valence-electron chi connectivity index (χ4n) is 3.37. The number of aryl methyl sites for hydroxylation is 2. The van der Waals surface area contributed by atoms with Gasteiger partial charge in [-0.05, 0) is 38.1 Å². The zero-order valence-corrected chi connectivity index (χ0v) is 15.2. The van der Waals surface area contributed by atoms with Crippen molar-refractivity contribution in [3.05, 3.63) is 74.5 Å². The summed E-state index contributed by atoms with van der Waals surface area (Å²) in [6.07, 6.45) is 0. The molecule has 1 atom stereocenters. The molecule has 0 spiro atoms. The number of hydrogen-bond acceptors (Lipinski definition) is 7. The molecule has 134 valence electrons. The van der Waals surface area contributed by atoms with Gasteiger partial charge in [-0.1, -0.05) is 23.5 Å². The molecule has 8 heteroatoms. The molecule has 0 aliphatic carbocycles. The van der Waals surface area contributed by atoms with E-state index < -0.39 is 11.9 Å². The first-order valence-corrected chi connectivity index (χ1v) is 9.12. The molecular formula is C19H13N3O4S. The highest BCUT2D eigenvalue weighted by Gasteiger charge is 2.46. The van der Waals surface area contributed by atoms with E-state index in [4.69, 9.17) is 8.83 Å². The average Bonchev–Trinajstić information content (AvgIpc) is 3.34. The third-order valence-electron chi connectivity index (χ3n) is 4.53. The molecule has 0 radical (unpaired) electrons. The van der Waals surface area contributed by atoms with Crippen molar-refractivity contribution in [2.24, 2.45) is 0 Å². The molecule has 0 N–H and O–H groups in total. The lowest BCUT2D eigenvalue weighted by atomic mass is 10.0. The number of para-hydroxylation sites is 1. The second kappa shape index (κ2) is 5.62. The molecule has 4 aromatic rings. The van der Waals surface area contributed by atoms with Crippen LogP contribution in [0.4, 0.5) is 5.13 Å². The number of carbonyl (C=O) groups is 1. The van der Waals surface area contributed by atoms with Gasteiger partial charge in [0.05, 0.1) is 10.9 Å². The van der Waals surface area contributed by atoms with Crippen LogP contribution in [0.25, 0.3) is 11.0 Å². The van der Waals surface area contributed by atoms with Crippen molar-refractivity contribution < 1.29 is 13.6 Å². The maximum atomic E-state index is 13.2. The zero-order chi connectivity index (χ0) is 18.7. The van der Waals surface area contributed by atoms with Crippen LogP contribution in [0.15, 0.2) is 50.0 Å². The van der Waals surface area contributed by atoms with Crippen molar-refractivity contribution in [2.75, 3.05) is 4.90 Å². The summed E-state index contributed by atoms with van der Waals surface area (Å²) in [5.41, 5.74) is 0.392. The highest BCUT2D eigenvalue weighted by atomic mass is 32.1. The Kier molecular flexibility index (Phi) is 3.32. The lowest BCUT2D eigenvalue weighted by Crippen LogP contribution is -2.29. The van der Waals surface area contributed by atoms with E-state index in [2.05, 4.69) is 10.2 Å². The molecule has 0 saturated heterocycles. The van der Waals surface area contributed by atoms with Crippen LogP contribution in [0.2, 0.25) is 0 Å². The summed E-state index contributed by atoms with van der Waals surface area (Å²) in [5, 5.41) is 9.64. The number of nitrogens with zero attached hydrogens (tertiary/aromatic N) is 3. The van der Waals surface area contributed by atoms with Crippen LogP contribution in [0.1, 0.15) is 38.7 Å². The molecule has 1 aromatic carbocycles. The first-order chi connectivity index (χ1) is 13.0. The van der Waals surface area contributed by atoms with E-state index in [1.165, 1.54) is 16.2 Å². The number of aromatic nitrogens is 2. The van der Waals surface area contributed by atoms with Gasteiger partial charge in [-0.3, -0.25) is 14.5 Å². The summed E-state index contributed by atoms with van der Waals surface area (Å²) in [7, 11) is 0. The Balaban J connectivity index is 1.83. The number of anilines is 1. The lowest BCUT2D eigenvalue weighted by Gasteiger charge is -2.19. The fraction of sp³-hybridized carbons (Fsp3) is 0.158. The predicted molar refractivity (Wildman–Crippen MR) is 99.2 cm³/mol. The Morgan fingerprint density at radius 2 is 1.85 bits per heavy atom. The quantitative estimate of drug-likeness (QED) is 0.529. The summed E-state index contributed by atoms with van der Waals surface area (Å²) >= 11 is 1.27. The minimum Gasteiger partial charge on any atom is -0.464 e. The highest BCUT2D eigenvalue weighted by Crippen LogP contribution is 2.42. The molecule has 0 saturated carbocycles. The van der Waals surface area contributed by atoms with Crippen molar-refractivity contribution in [2.45, 2.75) is 19.9 Å². The van der Waals surface area contributed by atoms with Gasteiger partial charge in [0.25, 0.3) is 5.91 Å². The second-order valence-electron chi connectivity index (χ2n) is 6.30. The number of amides is 1. The largest absolute Gasteiger partial charge is 0.464 e. The Bertz CT molecular complexity index is 1270. The van der Waals surface area contributed by atoms with Crippen molar-refractivity contribution in [3.8, 4) is 0 Å². The molecule has 27 heavy (non-hydrogen) atoms. The number of hydrogen-bond donors (Lipinski definition) is 0. The zero-order valence-electron chi connectivity index (χ0n) is 14.4. The summed E-state index contributed by atoms with van der Waals surface area (Å²) < 4.78 is 11.6. The summed E-state index contributed by atoms with van der Waals surface area (Å²) in [6.45, 7) is 3.61. The monoisotopic (exact) mass is 379 g/mol. The van der Waals surface area contributed by atoms with Gasteiger partial charge in [-0.15, -0.1) is 10.2 Å². The molecule has 5 rings (SSSR count). The average molecular weight is 379 g/mol. The Morgan fingerprint density at radius 1 is 1.04 bits per heavy atom. The molecule has 7 nitrogen and oxygen atoms in total. The molecule has 1 aliphatic heterocycles. The van der Waals surface area contributed by atoms with E-state index in [0.717, 1.165) is 0 Å². The van der Waals surface area contributed by atoms with E-state index in [0.29, 0.717) is 32.6 Å². The number of carbonyl (C=O) groups excluding carboxylic acids is 1. The maximum Gasteiger partial charge on any atom is 0.297 e. The number of furan rings is 1. The number of benzene rings is 1. The second-order valence-corrected chi connectivity index (χ2v) is 7.46. The van der Waals surface area contributed by atoms with Crippen LogP contribution in [-0.2, 0) is 0 Å². The predicted octanol–water partition coefficient (Wildman–Crippen LogP) is 3.60. The molecule has 4 heterocycles. The van der Waals surface area contributed by atoms with Crippen LogP contribution in [0.3, 0.4) is 0 Å². The van der Waals surface area contributed by atoms with Gasteiger partial charge >= 0.3 is 0 Å². The van der Waals surface area contributed by atoms with E-state index in [9.17, 15) is 9.59 Å². The van der Waals surface area contributed by atoms with Gasteiger partial charge in [0.2, 0.25) is 10.9 Å². The van der Waals surface area contributed by atoms with Gasteiger partial charge in [-0.2, -0.15) is 0 Å². The molecule has 1 aliphatic rings. The Morgan fingerprint density at radius 3 is 2.56 bits per heavy atom. The van der Waals surface area contributed by atoms with Crippen LogP contribution in [0, 0.1) is 13.8 Å². The summed E-state index contributed by atoms with van der Waals surface area (Å²) in [6, 6.07) is 9.70. The highest BCUT2D eigenvalue weighted by molar-refractivity contribution is 7.15. The fourth-order valence-corrected chi connectivity index (χ4v) is 4.08. The first kappa shape index (κ1) is 16.0. The molecule has 0 fully saturated rings. The van der Waals surface area contributed by atoms with E-state index in [-0.39, 0.29) is 16.8 Å². The topological polar surface area (TPSA) is 89.4 Å². The van der Waals surface area contributed by atoms with Crippen molar-refractivity contribution in [3.63, 3.8) is 0 Å².